The third-order valence-corrected chi connectivity index (χ3v) is 4.35. The van der Waals surface area contributed by atoms with Crippen molar-refractivity contribution in [2.45, 2.75) is 33.9 Å². The average Bonchev–Trinajstić information content (AvgIpc) is 2.63. The highest BCUT2D eigenvalue weighted by Gasteiger charge is 2.13. The number of ketones is 1. The van der Waals surface area contributed by atoms with Crippen molar-refractivity contribution in [2.75, 3.05) is 0 Å². The summed E-state index contributed by atoms with van der Waals surface area (Å²) in [5.74, 6) is 0.846. The summed E-state index contributed by atoms with van der Waals surface area (Å²) < 4.78 is 7.62. The van der Waals surface area contributed by atoms with Crippen LogP contribution >= 0.6 is 0 Å². The minimum absolute atomic E-state index is 0.0933. The molecule has 0 atom stereocenters. The van der Waals surface area contributed by atoms with Crippen LogP contribution in [0.2, 0.25) is 0 Å². The van der Waals surface area contributed by atoms with Crippen LogP contribution in [0.15, 0.2) is 60.9 Å². The molecule has 0 aliphatic carbocycles. The van der Waals surface area contributed by atoms with E-state index in [2.05, 4.69) is 4.98 Å². The van der Waals surface area contributed by atoms with Gasteiger partial charge in [-0.3, -0.25) is 9.78 Å². The van der Waals surface area contributed by atoms with Crippen molar-refractivity contribution in [1.82, 2.24) is 4.98 Å². The third-order valence-electron chi connectivity index (χ3n) is 4.35. The van der Waals surface area contributed by atoms with Crippen LogP contribution in [0.5, 0.6) is 5.75 Å². The first-order valence-corrected chi connectivity index (χ1v) is 8.66. The van der Waals surface area contributed by atoms with Crippen molar-refractivity contribution in [3.63, 3.8) is 0 Å². The lowest BCUT2D eigenvalue weighted by molar-refractivity contribution is -0.683. The predicted octanol–water partition coefficient (Wildman–Crippen LogP) is 3.76. The summed E-state index contributed by atoms with van der Waals surface area (Å²) in [7, 11) is 0. The van der Waals surface area contributed by atoms with Crippen molar-refractivity contribution in [2.24, 2.45) is 0 Å². The Kier molecular flexibility index (Phi) is 5.42. The highest BCUT2D eigenvalue weighted by atomic mass is 16.5. The number of hydrogen-bond donors (Lipinski definition) is 0. The van der Waals surface area contributed by atoms with Crippen molar-refractivity contribution in [3.05, 3.63) is 89.0 Å². The largest absolute Gasteiger partial charge is 0.487 e. The number of ether oxygens (including phenoxy) is 1. The molecule has 0 fully saturated rings. The molecule has 2 heterocycles. The Bertz CT molecular complexity index is 918. The molecule has 0 aliphatic heterocycles. The van der Waals surface area contributed by atoms with E-state index in [4.69, 9.17) is 4.74 Å². The number of pyridine rings is 2. The van der Waals surface area contributed by atoms with Gasteiger partial charge < -0.3 is 4.74 Å². The van der Waals surface area contributed by atoms with Gasteiger partial charge in [0.05, 0.1) is 5.69 Å². The van der Waals surface area contributed by atoms with Gasteiger partial charge in [0, 0.05) is 23.4 Å². The molecule has 0 N–H and O–H groups in total. The van der Waals surface area contributed by atoms with Crippen LogP contribution in [0.25, 0.3) is 0 Å². The lowest BCUT2D eigenvalue weighted by Crippen LogP contribution is -2.37. The summed E-state index contributed by atoms with van der Waals surface area (Å²) in [6.07, 6.45) is 3.72. The summed E-state index contributed by atoms with van der Waals surface area (Å²) >= 11 is 0. The predicted molar refractivity (Wildman–Crippen MR) is 100 cm³/mol. The Morgan fingerprint density at radius 3 is 2.46 bits per heavy atom. The van der Waals surface area contributed by atoms with Gasteiger partial charge in [-0.25, -0.2) is 0 Å². The monoisotopic (exact) mass is 347 g/mol. The van der Waals surface area contributed by atoms with Gasteiger partial charge in [-0.15, -0.1) is 0 Å². The topological polar surface area (TPSA) is 43.1 Å². The summed E-state index contributed by atoms with van der Waals surface area (Å²) in [6.45, 7) is 6.76. The maximum atomic E-state index is 12.4. The number of carbonyl (C=O) groups excluding carboxylic acids is 1. The lowest BCUT2D eigenvalue weighted by atomic mass is 10.0. The highest BCUT2D eigenvalue weighted by Crippen LogP contribution is 2.12. The highest BCUT2D eigenvalue weighted by molar-refractivity contribution is 5.95. The number of aromatic nitrogens is 2. The second kappa shape index (κ2) is 7.91. The molecule has 0 saturated carbocycles. The molecule has 132 valence electrons. The molecular weight excluding hydrogens is 324 g/mol. The Morgan fingerprint density at radius 1 is 1.00 bits per heavy atom. The Hall–Kier alpha value is -3.01. The zero-order chi connectivity index (χ0) is 18.5. The number of carbonyl (C=O) groups is 1. The van der Waals surface area contributed by atoms with E-state index in [1.54, 1.807) is 0 Å². The molecule has 0 bridgehead atoms. The standard InChI is InChI=1S/C22H23N2O2/c1-16-7-8-19(13-17(16)2)22(25)14-24-11-9-21(10-12-24)26-15-20-6-4-5-18(3)23-20/h4-13H,14-15H2,1-3H3/q+1. The summed E-state index contributed by atoms with van der Waals surface area (Å²) in [5, 5.41) is 0. The van der Waals surface area contributed by atoms with Crippen LogP contribution in [0.3, 0.4) is 0 Å². The molecule has 0 radical (unpaired) electrons. The van der Waals surface area contributed by atoms with Gasteiger partial charge in [-0.05, 0) is 50.1 Å². The normalized spacial score (nSPS) is 10.6. The number of nitrogens with zero attached hydrogens (tertiary/aromatic N) is 2. The second-order valence-corrected chi connectivity index (χ2v) is 6.49. The van der Waals surface area contributed by atoms with E-state index < -0.39 is 0 Å². The number of aryl methyl sites for hydroxylation is 3. The van der Waals surface area contributed by atoms with Gasteiger partial charge in [0.1, 0.15) is 12.4 Å². The zero-order valence-electron chi connectivity index (χ0n) is 15.4. The Morgan fingerprint density at radius 2 is 1.77 bits per heavy atom. The van der Waals surface area contributed by atoms with E-state index in [0.29, 0.717) is 13.2 Å². The fraction of sp³-hybridized carbons (Fsp3) is 0.227. The van der Waals surface area contributed by atoms with Crippen molar-refractivity contribution in [1.29, 1.82) is 0 Å². The van der Waals surface area contributed by atoms with Crippen molar-refractivity contribution >= 4 is 5.78 Å². The molecule has 3 rings (SSSR count). The van der Waals surface area contributed by atoms with Crippen LogP contribution in [0, 0.1) is 20.8 Å². The summed E-state index contributed by atoms with van der Waals surface area (Å²) in [4.78, 5) is 16.9. The molecule has 3 aromatic rings. The number of hydrogen-bond acceptors (Lipinski definition) is 3. The van der Waals surface area contributed by atoms with E-state index in [1.165, 1.54) is 5.56 Å². The molecule has 0 unspecified atom stereocenters. The SMILES string of the molecule is Cc1cccc(COc2cc[n+](CC(=O)c3ccc(C)c(C)c3)cc2)n1. The second-order valence-electron chi connectivity index (χ2n) is 6.49. The maximum Gasteiger partial charge on any atom is 0.227 e. The fourth-order valence-electron chi connectivity index (χ4n) is 2.65. The zero-order valence-corrected chi connectivity index (χ0v) is 15.4. The minimum Gasteiger partial charge on any atom is -0.487 e. The Balaban J connectivity index is 1.60. The van der Waals surface area contributed by atoms with Crippen LogP contribution < -0.4 is 9.30 Å². The molecular formula is C22H23N2O2+. The number of Topliss-reactive ketones (excluding diaryl/α,β-unsaturated/α-hetero) is 1. The quantitative estimate of drug-likeness (QED) is 0.504. The average molecular weight is 347 g/mol. The third kappa shape index (κ3) is 4.54. The van der Waals surface area contributed by atoms with Crippen LogP contribution in [0.1, 0.15) is 32.9 Å². The van der Waals surface area contributed by atoms with E-state index >= 15 is 0 Å². The van der Waals surface area contributed by atoms with Crippen LogP contribution in [0.4, 0.5) is 0 Å². The molecule has 0 saturated heterocycles. The first-order valence-electron chi connectivity index (χ1n) is 8.66. The molecule has 0 aliphatic rings. The molecule has 4 heteroatoms. The van der Waals surface area contributed by atoms with E-state index in [0.717, 1.165) is 28.3 Å². The van der Waals surface area contributed by atoms with Crippen molar-refractivity contribution in [3.8, 4) is 5.75 Å². The van der Waals surface area contributed by atoms with Crippen LogP contribution in [-0.2, 0) is 13.2 Å². The first kappa shape index (κ1) is 17.8. The van der Waals surface area contributed by atoms with Gasteiger partial charge in [-0.2, -0.15) is 4.57 Å². The van der Waals surface area contributed by atoms with Gasteiger partial charge in [-0.1, -0.05) is 18.2 Å². The first-order chi connectivity index (χ1) is 12.5. The van der Waals surface area contributed by atoms with E-state index in [-0.39, 0.29) is 5.78 Å². The fourth-order valence-corrected chi connectivity index (χ4v) is 2.65. The minimum atomic E-state index is 0.0933. The summed E-state index contributed by atoms with van der Waals surface area (Å²) in [6, 6.07) is 15.4. The van der Waals surface area contributed by atoms with E-state index in [1.807, 2.05) is 86.3 Å². The Labute approximate surface area is 154 Å². The smallest absolute Gasteiger partial charge is 0.227 e. The molecule has 2 aromatic heterocycles. The van der Waals surface area contributed by atoms with E-state index in [9.17, 15) is 4.79 Å². The molecule has 26 heavy (non-hydrogen) atoms. The molecule has 1 aromatic carbocycles. The number of rotatable bonds is 6. The van der Waals surface area contributed by atoms with Crippen molar-refractivity contribution < 1.29 is 14.1 Å². The van der Waals surface area contributed by atoms with Gasteiger partial charge in [0.2, 0.25) is 12.3 Å². The molecule has 4 nitrogen and oxygen atoms in total. The molecule has 0 spiro atoms. The molecule has 0 amide bonds. The number of benzene rings is 1. The van der Waals surface area contributed by atoms with Crippen LogP contribution in [-0.4, -0.2) is 10.8 Å². The maximum absolute atomic E-state index is 12.4. The lowest BCUT2D eigenvalue weighted by Gasteiger charge is -2.06. The van der Waals surface area contributed by atoms with Gasteiger partial charge in [0.15, 0.2) is 12.4 Å². The summed E-state index contributed by atoms with van der Waals surface area (Å²) in [5.41, 5.74) is 4.94. The van der Waals surface area contributed by atoms with Gasteiger partial charge in [0.25, 0.3) is 0 Å². The van der Waals surface area contributed by atoms with Gasteiger partial charge >= 0.3 is 0 Å².